The van der Waals surface area contributed by atoms with Crippen LogP contribution in [0.5, 0.6) is 0 Å². The lowest BCUT2D eigenvalue weighted by Gasteiger charge is -2.07. The van der Waals surface area contributed by atoms with Gasteiger partial charge in [0, 0.05) is 43.7 Å². The minimum absolute atomic E-state index is 0.0193. The Hall–Kier alpha value is -3.41. The lowest BCUT2D eigenvalue weighted by atomic mass is 10.2. The van der Waals surface area contributed by atoms with Gasteiger partial charge in [-0.05, 0) is 36.4 Å². The Bertz CT molecular complexity index is 1030. The maximum Gasteiger partial charge on any atom is 0.226 e. The topological polar surface area (TPSA) is 64.7 Å². The third-order valence-electron chi connectivity index (χ3n) is 4.37. The van der Waals surface area contributed by atoms with E-state index < -0.39 is 0 Å². The second-order valence-corrected chi connectivity index (χ2v) is 6.16. The van der Waals surface area contributed by atoms with Gasteiger partial charge in [-0.25, -0.2) is 9.97 Å². The van der Waals surface area contributed by atoms with E-state index in [1.807, 2.05) is 60.3 Å². The van der Waals surface area contributed by atoms with E-state index in [4.69, 9.17) is 4.98 Å². The minimum Gasteiger partial charge on any atom is -0.337 e. The average molecular weight is 345 g/mol. The van der Waals surface area contributed by atoms with E-state index in [-0.39, 0.29) is 5.91 Å². The van der Waals surface area contributed by atoms with E-state index >= 15 is 0 Å². The number of hydrogen-bond acceptors (Lipinski definition) is 3. The van der Waals surface area contributed by atoms with Gasteiger partial charge in [0.15, 0.2) is 0 Å². The zero-order valence-corrected chi connectivity index (χ0v) is 14.5. The van der Waals surface area contributed by atoms with Crippen molar-refractivity contribution >= 4 is 22.6 Å². The van der Waals surface area contributed by atoms with E-state index in [0.717, 1.165) is 28.1 Å². The van der Waals surface area contributed by atoms with Crippen LogP contribution in [-0.2, 0) is 18.4 Å². The molecule has 4 rings (SSSR count). The molecule has 0 spiro atoms. The molecule has 0 aliphatic rings. The van der Waals surface area contributed by atoms with Crippen LogP contribution in [0.25, 0.3) is 22.4 Å². The van der Waals surface area contributed by atoms with Crippen molar-refractivity contribution in [2.75, 3.05) is 5.32 Å². The SMILES string of the molecule is Cn1c(-c2ccc(NC(=O)CCn3ccnc3)cc2)nc2ccccc21. The van der Waals surface area contributed by atoms with Crippen LogP contribution in [0.4, 0.5) is 5.69 Å². The van der Waals surface area contributed by atoms with Crippen molar-refractivity contribution in [3.05, 3.63) is 67.3 Å². The van der Waals surface area contributed by atoms with Crippen LogP contribution >= 0.6 is 0 Å². The molecule has 0 aliphatic heterocycles. The third-order valence-corrected chi connectivity index (χ3v) is 4.37. The van der Waals surface area contributed by atoms with Gasteiger partial charge in [-0.2, -0.15) is 0 Å². The number of nitrogens with zero attached hydrogens (tertiary/aromatic N) is 4. The van der Waals surface area contributed by atoms with Crippen LogP contribution in [-0.4, -0.2) is 25.0 Å². The van der Waals surface area contributed by atoms with Crippen LogP contribution in [0.15, 0.2) is 67.3 Å². The molecule has 26 heavy (non-hydrogen) atoms. The number of aryl methyl sites for hydroxylation is 2. The fourth-order valence-corrected chi connectivity index (χ4v) is 2.98. The van der Waals surface area contributed by atoms with E-state index in [1.54, 1.807) is 12.5 Å². The quantitative estimate of drug-likeness (QED) is 0.602. The molecule has 0 saturated heterocycles. The predicted octanol–water partition coefficient (Wildman–Crippen LogP) is 3.47. The first-order valence-corrected chi connectivity index (χ1v) is 8.48. The molecule has 0 unspecified atom stereocenters. The fourth-order valence-electron chi connectivity index (χ4n) is 2.98. The summed E-state index contributed by atoms with van der Waals surface area (Å²) in [6.07, 6.45) is 5.67. The Morgan fingerprint density at radius 2 is 1.92 bits per heavy atom. The van der Waals surface area contributed by atoms with Crippen LogP contribution in [0.2, 0.25) is 0 Å². The smallest absolute Gasteiger partial charge is 0.226 e. The molecule has 2 aromatic carbocycles. The number of benzene rings is 2. The maximum atomic E-state index is 12.1. The number of carbonyl (C=O) groups is 1. The number of anilines is 1. The number of rotatable bonds is 5. The molecular weight excluding hydrogens is 326 g/mol. The van der Waals surface area contributed by atoms with E-state index in [2.05, 4.69) is 20.9 Å². The van der Waals surface area contributed by atoms with Crippen molar-refractivity contribution in [2.24, 2.45) is 7.05 Å². The molecule has 0 fully saturated rings. The van der Waals surface area contributed by atoms with Crippen LogP contribution in [0.1, 0.15) is 6.42 Å². The van der Waals surface area contributed by atoms with Crippen molar-refractivity contribution in [3.8, 4) is 11.4 Å². The normalized spacial score (nSPS) is 11.0. The van der Waals surface area contributed by atoms with Gasteiger partial charge >= 0.3 is 0 Å². The zero-order chi connectivity index (χ0) is 17.9. The standard InChI is InChI=1S/C20H19N5O/c1-24-18-5-3-2-4-17(18)23-20(24)15-6-8-16(9-7-15)22-19(26)10-12-25-13-11-21-14-25/h2-9,11,13-14H,10,12H2,1H3,(H,22,26). The first-order valence-electron chi connectivity index (χ1n) is 8.48. The Morgan fingerprint density at radius 3 is 2.65 bits per heavy atom. The van der Waals surface area contributed by atoms with E-state index in [0.29, 0.717) is 13.0 Å². The molecule has 0 aliphatic carbocycles. The predicted molar refractivity (Wildman–Crippen MR) is 102 cm³/mol. The highest BCUT2D eigenvalue weighted by molar-refractivity contribution is 5.91. The minimum atomic E-state index is -0.0193. The number of aromatic nitrogens is 4. The van der Waals surface area contributed by atoms with Gasteiger partial charge in [0.1, 0.15) is 5.82 Å². The lowest BCUT2D eigenvalue weighted by Crippen LogP contribution is -2.13. The summed E-state index contributed by atoms with van der Waals surface area (Å²) in [6.45, 7) is 0.615. The molecule has 0 bridgehead atoms. The van der Waals surface area contributed by atoms with Gasteiger partial charge in [-0.3, -0.25) is 4.79 Å². The number of imidazole rings is 2. The summed E-state index contributed by atoms with van der Waals surface area (Å²) in [6, 6.07) is 15.8. The number of hydrogen-bond donors (Lipinski definition) is 1. The summed E-state index contributed by atoms with van der Waals surface area (Å²) < 4.78 is 3.96. The Labute approximate surface area is 151 Å². The molecule has 6 nitrogen and oxygen atoms in total. The second-order valence-electron chi connectivity index (χ2n) is 6.16. The summed E-state index contributed by atoms with van der Waals surface area (Å²) in [5, 5.41) is 2.92. The molecule has 0 saturated carbocycles. The highest BCUT2D eigenvalue weighted by Gasteiger charge is 2.09. The summed E-state index contributed by atoms with van der Waals surface area (Å²) >= 11 is 0. The fraction of sp³-hybridized carbons (Fsp3) is 0.150. The van der Waals surface area contributed by atoms with Gasteiger partial charge in [-0.15, -0.1) is 0 Å². The Morgan fingerprint density at radius 1 is 1.12 bits per heavy atom. The average Bonchev–Trinajstić information content (AvgIpc) is 3.29. The Balaban J connectivity index is 1.46. The summed E-state index contributed by atoms with van der Waals surface area (Å²) in [4.78, 5) is 20.7. The van der Waals surface area contributed by atoms with Crippen molar-refractivity contribution in [1.29, 1.82) is 0 Å². The van der Waals surface area contributed by atoms with Crippen molar-refractivity contribution in [3.63, 3.8) is 0 Å². The summed E-state index contributed by atoms with van der Waals surface area (Å²) in [7, 11) is 2.01. The van der Waals surface area contributed by atoms with E-state index in [1.165, 1.54) is 0 Å². The largest absolute Gasteiger partial charge is 0.337 e. The number of amides is 1. The van der Waals surface area contributed by atoms with Crippen LogP contribution in [0.3, 0.4) is 0 Å². The van der Waals surface area contributed by atoms with Crippen molar-refractivity contribution in [2.45, 2.75) is 13.0 Å². The third kappa shape index (κ3) is 3.21. The monoisotopic (exact) mass is 345 g/mol. The summed E-state index contributed by atoms with van der Waals surface area (Å²) in [5.74, 6) is 0.887. The molecule has 1 N–H and O–H groups in total. The van der Waals surface area contributed by atoms with Crippen molar-refractivity contribution in [1.82, 2.24) is 19.1 Å². The van der Waals surface area contributed by atoms with Crippen LogP contribution < -0.4 is 5.32 Å². The second kappa shape index (κ2) is 6.84. The molecule has 0 atom stereocenters. The van der Waals surface area contributed by atoms with E-state index in [9.17, 15) is 4.79 Å². The highest BCUT2D eigenvalue weighted by Crippen LogP contribution is 2.24. The number of carbonyl (C=O) groups excluding carboxylic acids is 1. The number of nitrogens with one attached hydrogen (secondary N) is 1. The molecule has 6 heteroatoms. The molecule has 2 heterocycles. The molecule has 130 valence electrons. The summed E-state index contributed by atoms with van der Waals surface area (Å²) in [5.41, 5.74) is 3.87. The molecule has 0 radical (unpaired) electrons. The van der Waals surface area contributed by atoms with Crippen molar-refractivity contribution < 1.29 is 4.79 Å². The number of para-hydroxylation sites is 2. The first kappa shape index (κ1) is 16.1. The highest BCUT2D eigenvalue weighted by atomic mass is 16.1. The van der Waals surface area contributed by atoms with Gasteiger partial charge in [0.05, 0.1) is 17.4 Å². The van der Waals surface area contributed by atoms with Gasteiger partial charge in [-0.1, -0.05) is 12.1 Å². The lowest BCUT2D eigenvalue weighted by molar-refractivity contribution is -0.116. The molecule has 2 aromatic heterocycles. The molecule has 4 aromatic rings. The van der Waals surface area contributed by atoms with Crippen LogP contribution in [0, 0.1) is 0 Å². The van der Waals surface area contributed by atoms with Gasteiger partial charge in [0.25, 0.3) is 0 Å². The zero-order valence-electron chi connectivity index (χ0n) is 14.5. The van der Waals surface area contributed by atoms with Gasteiger partial charge < -0.3 is 14.5 Å². The maximum absolute atomic E-state index is 12.1. The van der Waals surface area contributed by atoms with Gasteiger partial charge in [0.2, 0.25) is 5.91 Å². The molecule has 1 amide bonds. The molecular formula is C20H19N5O. The first-order chi connectivity index (χ1) is 12.7. The Kier molecular flexibility index (Phi) is 4.23. The number of fused-ring (bicyclic) bond motifs is 1.